The molecule has 1 N–H and O–H groups in total. The van der Waals surface area contributed by atoms with Gasteiger partial charge in [-0.15, -0.1) is 0 Å². The first kappa shape index (κ1) is 22.1. The van der Waals surface area contributed by atoms with Gasteiger partial charge in [0.2, 0.25) is 0 Å². The van der Waals surface area contributed by atoms with Crippen molar-refractivity contribution in [1.82, 2.24) is 4.90 Å². The van der Waals surface area contributed by atoms with Crippen molar-refractivity contribution in [1.29, 1.82) is 0 Å². The van der Waals surface area contributed by atoms with E-state index in [1.54, 1.807) is 18.2 Å². The van der Waals surface area contributed by atoms with E-state index in [-0.39, 0.29) is 18.6 Å². The molecule has 1 unspecified atom stereocenters. The maximum atomic E-state index is 13.1. The largest absolute Gasteiger partial charge is 0.489 e. The van der Waals surface area contributed by atoms with Gasteiger partial charge in [0.05, 0.1) is 18.6 Å². The van der Waals surface area contributed by atoms with Crippen molar-refractivity contribution < 1.29 is 32.5 Å². The molecule has 1 saturated heterocycles. The zero-order valence-electron chi connectivity index (χ0n) is 16.6. The lowest BCUT2D eigenvalue weighted by Crippen LogP contribution is -2.48. The van der Waals surface area contributed by atoms with Crippen LogP contribution in [0.15, 0.2) is 48.5 Å². The highest BCUT2D eigenvalue weighted by Crippen LogP contribution is 2.33. The molecule has 30 heavy (non-hydrogen) atoms. The fourth-order valence-electron chi connectivity index (χ4n) is 3.56. The third-order valence-corrected chi connectivity index (χ3v) is 5.18. The van der Waals surface area contributed by atoms with Crippen LogP contribution in [0.3, 0.4) is 0 Å². The summed E-state index contributed by atoms with van der Waals surface area (Å²) in [5.74, 6) is -0.380. The summed E-state index contributed by atoms with van der Waals surface area (Å²) in [7, 11) is 0. The summed E-state index contributed by atoms with van der Waals surface area (Å²) < 4.78 is 50.8. The first-order valence-corrected chi connectivity index (χ1v) is 9.64. The molecule has 8 heteroatoms. The molecular formula is C22H24F3NO4. The molecule has 5 nitrogen and oxygen atoms in total. The number of carboxylic acid groups (broad SMARTS) is 1. The normalized spacial score (nSPS) is 20.1. The van der Waals surface area contributed by atoms with Crippen molar-refractivity contribution in [2.45, 2.75) is 31.7 Å². The number of ether oxygens (including phenoxy) is 2. The van der Waals surface area contributed by atoms with E-state index in [0.717, 1.165) is 11.6 Å². The fourth-order valence-corrected chi connectivity index (χ4v) is 3.56. The van der Waals surface area contributed by atoms with Gasteiger partial charge in [0.25, 0.3) is 0 Å². The Labute approximate surface area is 173 Å². The lowest BCUT2D eigenvalue weighted by atomic mass is 9.93. The summed E-state index contributed by atoms with van der Waals surface area (Å²) in [5, 5.41) is 8.88. The second kappa shape index (κ2) is 9.06. The monoisotopic (exact) mass is 423 g/mol. The number of halogens is 3. The molecule has 1 heterocycles. The molecule has 1 atom stereocenters. The Morgan fingerprint density at radius 2 is 1.90 bits per heavy atom. The zero-order chi connectivity index (χ0) is 21.8. The van der Waals surface area contributed by atoms with E-state index >= 15 is 0 Å². The molecule has 0 bridgehead atoms. The average Bonchev–Trinajstić information content (AvgIpc) is 2.71. The second-order valence-electron chi connectivity index (χ2n) is 7.47. The van der Waals surface area contributed by atoms with Crippen LogP contribution in [0.2, 0.25) is 0 Å². The Bertz CT molecular complexity index is 869. The molecule has 2 aromatic rings. The van der Waals surface area contributed by atoms with Crippen LogP contribution in [0.1, 0.15) is 30.0 Å². The molecular weight excluding hydrogens is 399 g/mol. The second-order valence-corrected chi connectivity index (χ2v) is 7.47. The lowest BCUT2D eigenvalue weighted by Gasteiger charge is -2.40. The van der Waals surface area contributed by atoms with E-state index < -0.39 is 23.3 Å². The van der Waals surface area contributed by atoms with Crippen LogP contribution in [0, 0.1) is 0 Å². The number of alkyl halides is 3. The number of morpholine rings is 1. The average molecular weight is 423 g/mol. The van der Waals surface area contributed by atoms with E-state index in [4.69, 9.17) is 14.6 Å². The molecule has 0 amide bonds. The third-order valence-electron chi connectivity index (χ3n) is 5.18. The number of carboxylic acids is 1. The van der Waals surface area contributed by atoms with E-state index in [9.17, 15) is 18.0 Å². The minimum atomic E-state index is -4.43. The summed E-state index contributed by atoms with van der Waals surface area (Å²) in [6, 6.07) is 12.4. The van der Waals surface area contributed by atoms with Gasteiger partial charge in [-0.1, -0.05) is 30.3 Å². The van der Waals surface area contributed by atoms with Crippen molar-refractivity contribution in [3.05, 3.63) is 65.2 Å². The molecule has 0 spiro atoms. The number of carbonyl (C=O) groups is 1. The van der Waals surface area contributed by atoms with Crippen LogP contribution in [-0.2, 0) is 27.9 Å². The number of hydrogen-bond donors (Lipinski definition) is 1. The summed E-state index contributed by atoms with van der Waals surface area (Å²) in [6.45, 7) is 3.92. The van der Waals surface area contributed by atoms with E-state index in [0.29, 0.717) is 32.0 Å². The number of rotatable bonds is 7. The zero-order valence-corrected chi connectivity index (χ0v) is 16.6. The van der Waals surface area contributed by atoms with Gasteiger partial charge in [-0.2, -0.15) is 13.2 Å². The van der Waals surface area contributed by atoms with Crippen LogP contribution in [0.5, 0.6) is 5.75 Å². The first-order chi connectivity index (χ1) is 14.2. The van der Waals surface area contributed by atoms with E-state index in [2.05, 4.69) is 4.90 Å². The first-order valence-electron chi connectivity index (χ1n) is 9.64. The van der Waals surface area contributed by atoms with Gasteiger partial charge in [-0.05, 0) is 30.7 Å². The van der Waals surface area contributed by atoms with Crippen molar-refractivity contribution >= 4 is 5.97 Å². The maximum Gasteiger partial charge on any atom is 0.416 e. The third kappa shape index (κ3) is 5.52. The topological polar surface area (TPSA) is 59.0 Å². The highest BCUT2D eigenvalue weighted by atomic mass is 19.4. The Balaban J connectivity index is 1.65. The highest BCUT2D eigenvalue weighted by Gasteiger charge is 2.34. The van der Waals surface area contributed by atoms with Gasteiger partial charge < -0.3 is 14.6 Å². The standard InChI is InChI=1S/C22H24F3NO4/c1-21(15-26(12-13-30-21)11-10-20(27)28)17-6-8-18(9-7-17)29-14-16-4-2-3-5-19(16)22(23,24)25/h2-9H,10-15H2,1H3,(H,27,28). The van der Waals surface area contributed by atoms with Gasteiger partial charge in [-0.25, -0.2) is 0 Å². The number of aliphatic carboxylic acids is 1. The van der Waals surface area contributed by atoms with Crippen LogP contribution >= 0.6 is 0 Å². The minimum Gasteiger partial charge on any atom is -0.489 e. The van der Waals surface area contributed by atoms with Crippen molar-refractivity contribution in [3.8, 4) is 5.75 Å². The predicted molar refractivity (Wildman–Crippen MR) is 104 cm³/mol. The van der Waals surface area contributed by atoms with Gasteiger partial charge >= 0.3 is 12.1 Å². The van der Waals surface area contributed by atoms with Gasteiger partial charge in [0, 0.05) is 25.2 Å². The maximum absolute atomic E-state index is 13.1. The summed E-state index contributed by atoms with van der Waals surface area (Å²) >= 11 is 0. The van der Waals surface area contributed by atoms with Crippen LogP contribution in [0.25, 0.3) is 0 Å². The molecule has 1 aliphatic rings. The SMILES string of the molecule is CC1(c2ccc(OCc3ccccc3C(F)(F)F)cc2)CN(CCC(=O)O)CCO1. The number of benzene rings is 2. The van der Waals surface area contributed by atoms with Gasteiger partial charge in [-0.3, -0.25) is 9.69 Å². The molecule has 1 aliphatic heterocycles. The molecule has 1 fully saturated rings. The number of hydrogen-bond acceptors (Lipinski definition) is 4. The summed E-state index contributed by atoms with van der Waals surface area (Å²) in [4.78, 5) is 12.9. The Kier molecular flexibility index (Phi) is 6.67. The smallest absolute Gasteiger partial charge is 0.416 e. The van der Waals surface area contributed by atoms with Gasteiger partial charge in [0.1, 0.15) is 18.0 Å². The van der Waals surface area contributed by atoms with Crippen molar-refractivity contribution in [2.75, 3.05) is 26.2 Å². The molecule has 2 aromatic carbocycles. The Morgan fingerprint density at radius 3 is 2.57 bits per heavy atom. The Hall–Kier alpha value is -2.58. The molecule has 162 valence electrons. The van der Waals surface area contributed by atoms with Crippen LogP contribution in [0.4, 0.5) is 13.2 Å². The van der Waals surface area contributed by atoms with Crippen molar-refractivity contribution in [3.63, 3.8) is 0 Å². The highest BCUT2D eigenvalue weighted by molar-refractivity contribution is 5.66. The summed E-state index contributed by atoms with van der Waals surface area (Å²) in [6.07, 6.45) is -4.36. The van der Waals surface area contributed by atoms with E-state index in [1.807, 2.05) is 19.1 Å². The quantitative estimate of drug-likeness (QED) is 0.719. The van der Waals surface area contributed by atoms with Crippen LogP contribution < -0.4 is 4.74 Å². The lowest BCUT2D eigenvalue weighted by molar-refractivity contribution is -0.139. The molecule has 3 rings (SSSR count). The molecule has 0 aromatic heterocycles. The molecule has 0 saturated carbocycles. The van der Waals surface area contributed by atoms with Gasteiger partial charge in [0.15, 0.2) is 0 Å². The minimum absolute atomic E-state index is 0.0717. The molecule has 0 aliphatic carbocycles. The number of nitrogens with zero attached hydrogens (tertiary/aromatic N) is 1. The van der Waals surface area contributed by atoms with Crippen LogP contribution in [-0.4, -0.2) is 42.2 Å². The van der Waals surface area contributed by atoms with Crippen molar-refractivity contribution in [2.24, 2.45) is 0 Å². The predicted octanol–water partition coefficient (Wildman–Crippen LogP) is 4.31. The molecule has 0 radical (unpaired) electrons. The Morgan fingerprint density at radius 1 is 1.20 bits per heavy atom. The summed E-state index contributed by atoms with van der Waals surface area (Å²) in [5.41, 5.74) is -0.333. The van der Waals surface area contributed by atoms with E-state index in [1.165, 1.54) is 12.1 Å². The fraction of sp³-hybridized carbons (Fsp3) is 0.409.